The van der Waals surface area contributed by atoms with E-state index in [0.717, 1.165) is 11.4 Å². The number of thiocarbonyl (C=S) groups is 1. The molecule has 2 aromatic rings. The number of halogens is 2. The zero-order valence-electron chi connectivity index (χ0n) is 9.90. The molecule has 0 fully saturated rings. The molecule has 98 valence electrons. The van der Waals surface area contributed by atoms with Gasteiger partial charge >= 0.3 is 0 Å². The Balaban J connectivity index is 1.91. The van der Waals surface area contributed by atoms with Crippen LogP contribution in [0.5, 0.6) is 0 Å². The molecule has 5 heteroatoms. The van der Waals surface area contributed by atoms with Crippen molar-refractivity contribution < 1.29 is 0 Å². The van der Waals surface area contributed by atoms with E-state index < -0.39 is 0 Å². The first-order valence-corrected chi connectivity index (χ1v) is 7.72. The molecule has 0 aromatic heterocycles. The monoisotopic (exact) mass is 327 g/mol. The molecule has 1 N–H and O–H groups in total. The smallest absolute Gasteiger partial charge is 0.138 e. The maximum Gasteiger partial charge on any atom is 0.138 e. The van der Waals surface area contributed by atoms with Crippen molar-refractivity contribution in [1.29, 1.82) is 0 Å². The van der Waals surface area contributed by atoms with Gasteiger partial charge in [0.1, 0.15) is 4.32 Å². The molecule has 0 atom stereocenters. The van der Waals surface area contributed by atoms with E-state index in [1.807, 2.05) is 18.2 Å². The third-order valence-electron chi connectivity index (χ3n) is 2.32. The summed E-state index contributed by atoms with van der Waals surface area (Å²) < 4.78 is 0.696. The molecular formula is C14H11Cl2NS2. The van der Waals surface area contributed by atoms with Gasteiger partial charge in [-0.3, -0.25) is 0 Å². The highest BCUT2D eigenvalue weighted by Gasteiger charge is 2.02. The molecule has 0 aliphatic carbocycles. The van der Waals surface area contributed by atoms with Gasteiger partial charge in [0.15, 0.2) is 0 Å². The van der Waals surface area contributed by atoms with E-state index in [9.17, 15) is 0 Å². The van der Waals surface area contributed by atoms with Crippen LogP contribution >= 0.6 is 47.2 Å². The summed E-state index contributed by atoms with van der Waals surface area (Å²) in [6.07, 6.45) is 0. The van der Waals surface area contributed by atoms with Crippen molar-refractivity contribution in [2.24, 2.45) is 0 Å². The van der Waals surface area contributed by atoms with Crippen molar-refractivity contribution >= 4 is 57.2 Å². The highest BCUT2D eigenvalue weighted by atomic mass is 35.5. The summed E-state index contributed by atoms with van der Waals surface area (Å²) in [6.45, 7) is 0. The van der Waals surface area contributed by atoms with Crippen LogP contribution in [0.1, 0.15) is 5.56 Å². The number of hydrogen-bond donors (Lipinski definition) is 1. The number of hydrogen-bond acceptors (Lipinski definition) is 2. The molecule has 0 heterocycles. The largest absolute Gasteiger partial charge is 0.341 e. The van der Waals surface area contributed by atoms with Gasteiger partial charge in [0.25, 0.3) is 0 Å². The lowest BCUT2D eigenvalue weighted by Crippen LogP contribution is -2.04. The quantitative estimate of drug-likeness (QED) is 0.734. The van der Waals surface area contributed by atoms with Crippen LogP contribution in [-0.2, 0) is 5.75 Å². The fraction of sp³-hybridized carbons (Fsp3) is 0.0714. The second-order valence-electron chi connectivity index (χ2n) is 3.84. The molecule has 0 aliphatic rings. The summed E-state index contributed by atoms with van der Waals surface area (Å²) in [5.74, 6) is 0.834. The highest BCUT2D eigenvalue weighted by Crippen LogP contribution is 2.24. The Hall–Kier alpha value is -0.740. The van der Waals surface area contributed by atoms with Crippen LogP contribution in [0.3, 0.4) is 0 Å². The van der Waals surface area contributed by atoms with E-state index in [2.05, 4.69) is 17.4 Å². The van der Waals surface area contributed by atoms with Gasteiger partial charge in [-0.1, -0.05) is 77.5 Å². The van der Waals surface area contributed by atoms with Crippen molar-refractivity contribution in [2.75, 3.05) is 5.32 Å². The Labute approximate surface area is 132 Å². The zero-order chi connectivity index (χ0) is 13.7. The summed E-state index contributed by atoms with van der Waals surface area (Å²) in [6, 6.07) is 15.5. The normalized spacial score (nSPS) is 10.2. The van der Waals surface area contributed by atoms with Crippen LogP contribution in [0.15, 0.2) is 48.5 Å². The average Bonchev–Trinajstić information content (AvgIpc) is 2.36. The van der Waals surface area contributed by atoms with Gasteiger partial charge in [-0.05, 0) is 23.8 Å². The Bertz CT molecular complexity index is 553. The molecule has 19 heavy (non-hydrogen) atoms. The lowest BCUT2D eigenvalue weighted by atomic mass is 10.2. The van der Waals surface area contributed by atoms with E-state index in [1.54, 1.807) is 30.0 Å². The van der Waals surface area contributed by atoms with Gasteiger partial charge in [0, 0.05) is 21.5 Å². The Kier molecular flexibility index (Phi) is 5.52. The number of benzene rings is 2. The third-order valence-corrected chi connectivity index (χ3v) is 4.06. The van der Waals surface area contributed by atoms with Crippen LogP contribution in [0.25, 0.3) is 0 Å². The predicted molar refractivity (Wildman–Crippen MR) is 90.4 cm³/mol. The maximum absolute atomic E-state index is 5.93. The van der Waals surface area contributed by atoms with Gasteiger partial charge in [0.05, 0.1) is 0 Å². The average molecular weight is 328 g/mol. The van der Waals surface area contributed by atoms with Crippen molar-refractivity contribution in [3.8, 4) is 0 Å². The lowest BCUT2D eigenvalue weighted by molar-refractivity contribution is 1.42. The fourth-order valence-electron chi connectivity index (χ4n) is 1.50. The molecule has 0 saturated heterocycles. The van der Waals surface area contributed by atoms with Gasteiger partial charge in [-0.15, -0.1) is 0 Å². The summed E-state index contributed by atoms with van der Waals surface area (Å²) in [5, 5.41) is 4.30. The van der Waals surface area contributed by atoms with Crippen molar-refractivity contribution in [2.45, 2.75) is 5.75 Å². The highest BCUT2D eigenvalue weighted by molar-refractivity contribution is 8.22. The summed E-state index contributed by atoms with van der Waals surface area (Å²) in [7, 11) is 0. The molecule has 0 unspecified atom stereocenters. The zero-order valence-corrected chi connectivity index (χ0v) is 13.0. The predicted octanol–water partition coefficient (Wildman–Crippen LogP) is 5.62. The van der Waals surface area contributed by atoms with Gasteiger partial charge in [-0.25, -0.2) is 0 Å². The Morgan fingerprint density at radius 2 is 1.68 bits per heavy atom. The van der Waals surface area contributed by atoms with Crippen LogP contribution in [0.4, 0.5) is 5.69 Å². The molecule has 2 rings (SSSR count). The Morgan fingerprint density at radius 1 is 1.05 bits per heavy atom. The van der Waals surface area contributed by atoms with Crippen LogP contribution in [-0.4, -0.2) is 4.32 Å². The van der Waals surface area contributed by atoms with Crippen molar-refractivity contribution in [1.82, 2.24) is 0 Å². The molecule has 0 bridgehead atoms. The summed E-state index contributed by atoms with van der Waals surface area (Å²) in [5.41, 5.74) is 2.05. The van der Waals surface area contributed by atoms with Crippen molar-refractivity contribution in [3.05, 3.63) is 64.1 Å². The molecule has 0 spiro atoms. The van der Waals surface area contributed by atoms with Gasteiger partial charge in [-0.2, -0.15) is 0 Å². The maximum atomic E-state index is 5.93. The van der Waals surface area contributed by atoms with Crippen LogP contribution < -0.4 is 5.32 Å². The minimum absolute atomic E-state index is 0.589. The molecule has 0 saturated carbocycles. The number of anilines is 1. The molecule has 1 nitrogen and oxygen atoms in total. The van der Waals surface area contributed by atoms with E-state index in [4.69, 9.17) is 35.4 Å². The van der Waals surface area contributed by atoms with Gasteiger partial charge < -0.3 is 5.32 Å². The van der Waals surface area contributed by atoms with E-state index in [-0.39, 0.29) is 0 Å². The second kappa shape index (κ2) is 7.15. The molecule has 2 aromatic carbocycles. The summed E-state index contributed by atoms with van der Waals surface area (Å²) in [4.78, 5) is 0. The SMILES string of the molecule is S=C(Nc1cc(Cl)cc(Cl)c1)SCc1ccccc1. The number of nitrogens with one attached hydrogen (secondary N) is 1. The molecule has 0 radical (unpaired) electrons. The van der Waals surface area contributed by atoms with E-state index in [1.165, 1.54) is 5.56 Å². The standard InChI is InChI=1S/C14H11Cl2NS2/c15-11-6-12(16)8-13(7-11)17-14(18)19-9-10-4-2-1-3-5-10/h1-8H,9H2,(H,17,18). The lowest BCUT2D eigenvalue weighted by Gasteiger charge is -2.08. The first-order valence-electron chi connectivity index (χ1n) is 5.57. The van der Waals surface area contributed by atoms with Crippen LogP contribution in [0.2, 0.25) is 10.0 Å². The van der Waals surface area contributed by atoms with Crippen LogP contribution in [0, 0.1) is 0 Å². The minimum Gasteiger partial charge on any atom is -0.341 e. The topological polar surface area (TPSA) is 12.0 Å². The fourth-order valence-corrected chi connectivity index (χ4v) is 3.00. The van der Waals surface area contributed by atoms with Crippen molar-refractivity contribution in [3.63, 3.8) is 0 Å². The minimum atomic E-state index is 0.589. The number of rotatable bonds is 3. The van der Waals surface area contributed by atoms with Gasteiger partial charge in [0.2, 0.25) is 0 Å². The molecule has 0 amide bonds. The first kappa shape index (κ1) is 14.7. The summed E-state index contributed by atoms with van der Waals surface area (Å²) >= 11 is 18.7. The van der Waals surface area contributed by atoms with E-state index in [0.29, 0.717) is 14.4 Å². The molecular weight excluding hydrogens is 317 g/mol. The Morgan fingerprint density at radius 3 is 2.32 bits per heavy atom. The third kappa shape index (κ3) is 5.03. The number of thioether (sulfide) groups is 1. The second-order valence-corrected chi connectivity index (χ2v) is 6.37. The first-order chi connectivity index (χ1) is 9.13. The molecule has 0 aliphatic heterocycles. The van der Waals surface area contributed by atoms with E-state index >= 15 is 0 Å².